The highest BCUT2D eigenvalue weighted by atomic mass is 79.9. The van der Waals surface area contributed by atoms with Crippen molar-refractivity contribution in [2.24, 2.45) is 5.92 Å². The minimum Gasteiger partial charge on any atom is -0.496 e. The minimum absolute atomic E-state index is 0.0714. The van der Waals surface area contributed by atoms with Gasteiger partial charge in [0.25, 0.3) is 0 Å². The van der Waals surface area contributed by atoms with Crippen LogP contribution in [0.3, 0.4) is 0 Å². The van der Waals surface area contributed by atoms with Crippen LogP contribution < -0.4 is 4.90 Å². The summed E-state index contributed by atoms with van der Waals surface area (Å²) >= 11 is 3.75. The molecule has 1 aliphatic rings. The van der Waals surface area contributed by atoms with Crippen LogP contribution in [0.4, 0.5) is 5.82 Å². The van der Waals surface area contributed by atoms with E-state index in [4.69, 9.17) is 14.8 Å². The van der Waals surface area contributed by atoms with Crippen LogP contribution in [0.1, 0.15) is 43.0 Å². The second-order valence-electron chi connectivity index (χ2n) is 7.14. The van der Waals surface area contributed by atoms with E-state index in [0.717, 1.165) is 45.8 Å². The first kappa shape index (κ1) is 22.2. The predicted molar refractivity (Wildman–Crippen MR) is 118 cm³/mol. The van der Waals surface area contributed by atoms with Gasteiger partial charge in [0, 0.05) is 36.3 Å². The van der Waals surface area contributed by atoms with Gasteiger partial charge in [-0.2, -0.15) is 0 Å². The first-order chi connectivity index (χ1) is 13.3. The molecular formula is C22H29BrN2O3. The van der Waals surface area contributed by atoms with Crippen molar-refractivity contribution in [3.8, 4) is 0 Å². The van der Waals surface area contributed by atoms with E-state index in [1.54, 1.807) is 13.2 Å². The fourth-order valence-corrected chi connectivity index (χ4v) is 3.87. The first-order valence-corrected chi connectivity index (χ1v) is 10.3. The molecule has 2 heterocycles. The Morgan fingerprint density at radius 2 is 2.11 bits per heavy atom. The van der Waals surface area contributed by atoms with Crippen LogP contribution in [0, 0.1) is 19.8 Å². The van der Waals surface area contributed by atoms with E-state index in [1.807, 2.05) is 19.9 Å². The number of allylic oxidation sites excluding steroid dienone is 4. The molecule has 0 spiro atoms. The van der Waals surface area contributed by atoms with E-state index in [-0.39, 0.29) is 12.3 Å². The van der Waals surface area contributed by atoms with Crippen LogP contribution in [0.15, 0.2) is 35.0 Å². The van der Waals surface area contributed by atoms with Crippen LogP contribution in [0.2, 0.25) is 0 Å². The molecule has 0 radical (unpaired) electrons. The molecule has 0 amide bonds. The molecule has 5 nitrogen and oxygen atoms in total. The van der Waals surface area contributed by atoms with Crippen molar-refractivity contribution >= 4 is 33.3 Å². The highest BCUT2D eigenvalue weighted by molar-refractivity contribution is 9.10. The summed E-state index contributed by atoms with van der Waals surface area (Å²) in [5.41, 5.74) is 3.94. The SMILES string of the molecule is C=C/C=C(OC)\C(=C/C(C)CCC(=O)O)c1c(C)nc(N2CCC2)c(Br)c1C. The minimum atomic E-state index is -0.786. The molecule has 1 N–H and O–H groups in total. The average Bonchev–Trinajstić information content (AvgIpc) is 2.60. The lowest BCUT2D eigenvalue weighted by Crippen LogP contribution is -2.38. The number of aliphatic carboxylic acids is 1. The maximum atomic E-state index is 10.9. The lowest BCUT2D eigenvalue weighted by Gasteiger charge is -2.34. The van der Waals surface area contributed by atoms with E-state index >= 15 is 0 Å². The molecule has 1 aliphatic heterocycles. The molecule has 1 unspecified atom stereocenters. The normalized spacial score (nSPS) is 15.8. The van der Waals surface area contributed by atoms with Gasteiger partial charge in [-0.3, -0.25) is 4.79 Å². The van der Waals surface area contributed by atoms with E-state index in [2.05, 4.69) is 40.4 Å². The molecular weight excluding hydrogens is 420 g/mol. The summed E-state index contributed by atoms with van der Waals surface area (Å²) in [6.45, 7) is 11.9. The van der Waals surface area contributed by atoms with Crippen molar-refractivity contribution in [3.05, 3.63) is 51.9 Å². The second kappa shape index (κ2) is 9.92. The molecule has 1 saturated heterocycles. The monoisotopic (exact) mass is 448 g/mol. The molecule has 1 aromatic rings. The van der Waals surface area contributed by atoms with Gasteiger partial charge in [0.2, 0.25) is 0 Å². The topological polar surface area (TPSA) is 62.7 Å². The zero-order valence-electron chi connectivity index (χ0n) is 17.1. The predicted octanol–water partition coefficient (Wildman–Crippen LogP) is 5.27. The molecule has 6 heteroatoms. The zero-order chi connectivity index (χ0) is 20.8. The van der Waals surface area contributed by atoms with E-state index in [0.29, 0.717) is 12.2 Å². The Balaban J connectivity index is 2.56. The Labute approximate surface area is 175 Å². The number of rotatable bonds is 9. The van der Waals surface area contributed by atoms with Crippen LogP contribution >= 0.6 is 15.9 Å². The fourth-order valence-electron chi connectivity index (χ4n) is 3.33. The third kappa shape index (κ3) is 5.04. The lowest BCUT2D eigenvalue weighted by atomic mass is 9.92. The quantitative estimate of drug-likeness (QED) is 0.411. The zero-order valence-corrected chi connectivity index (χ0v) is 18.7. The van der Waals surface area contributed by atoms with E-state index in [1.165, 1.54) is 6.42 Å². The molecule has 0 bridgehead atoms. The number of pyridine rings is 1. The van der Waals surface area contributed by atoms with Gasteiger partial charge in [-0.15, -0.1) is 0 Å². The van der Waals surface area contributed by atoms with Crippen LogP contribution in [-0.4, -0.2) is 36.3 Å². The van der Waals surface area contributed by atoms with Crippen molar-refractivity contribution < 1.29 is 14.6 Å². The number of hydrogen-bond donors (Lipinski definition) is 1. The van der Waals surface area contributed by atoms with Gasteiger partial charge in [0.15, 0.2) is 0 Å². The maximum Gasteiger partial charge on any atom is 0.303 e. The Hall–Kier alpha value is -2.08. The highest BCUT2D eigenvalue weighted by Crippen LogP contribution is 2.38. The van der Waals surface area contributed by atoms with Crippen LogP contribution in [-0.2, 0) is 9.53 Å². The third-order valence-corrected chi connectivity index (χ3v) is 5.93. The molecule has 28 heavy (non-hydrogen) atoms. The highest BCUT2D eigenvalue weighted by Gasteiger charge is 2.24. The number of hydrogen-bond acceptors (Lipinski definition) is 4. The van der Waals surface area contributed by atoms with Gasteiger partial charge in [0.1, 0.15) is 11.6 Å². The Morgan fingerprint density at radius 3 is 2.61 bits per heavy atom. The number of carboxylic acids is 1. The molecule has 2 rings (SSSR count). The first-order valence-electron chi connectivity index (χ1n) is 9.52. The number of anilines is 1. The van der Waals surface area contributed by atoms with E-state index in [9.17, 15) is 4.79 Å². The lowest BCUT2D eigenvalue weighted by molar-refractivity contribution is -0.137. The Kier molecular flexibility index (Phi) is 7.87. The van der Waals surface area contributed by atoms with E-state index < -0.39 is 5.97 Å². The summed E-state index contributed by atoms with van der Waals surface area (Å²) in [5, 5.41) is 9.00. The maximum absolute atomic E-state index is 10.9. The summed E-state index contributed by atoms with van der Waals surface area (Å²) < 4.78 is 6.64. The number of nitrogens with zero attached hydrogens (tertiary/aromatic N) is 2. The number of carboxylic acid groups (broad SMARTS) is 1. The van der Waals surface area contributed by atoms with Crippen LogP contribution in [0.5, 0.6) is 0 Å². The number of aromatic nitrogens is 1. The van der Waals surface area contributed by atoms with Crippen molar-refractivity contribution in [1.29, 1.82) is 0 Å². The van der Waals surface area contributed by atoms with Gasteiger partial charge in [0.05, 0.1) is 11.6 Å². The van der Waals surface area contributed by atoms with Gasteiger partial charge < -0.3 is 14.7 Å². The Bertz CT molecular complexity index is 810. The number of halogens is 1. The largest absolute Gasteiger partial charge is 0.496 e. The molecule has 1 fully saturated rings. The van der Waals surface area contributed by atoms with Gasteiger partial charge in [-0.25, -0.2) is 4.98 Å². The smallest absolute Gasteiger partial charge is 0.303 e. The summed E-state index contributed by atoms with van der Waals surface area (Å²) in [6.07, 6.45) is 7.47. The molecule has 0 saturated carbocycles. The summed E-state index contributed by atoms with van der Waals surface area (Å²) in [5.74, 6) is 0.955. The number of carbonyl (C=O) groups is 1. The summed E-state index contributed by atoms with van der Waals surface area (Å²) in [7, 11) is 1.63. The molecule has 1 aromatic heterocycles. The second-order valence-corrected chi connectivity index (χ2v) is 7.93. The number of methoxy groups -OCH3 is 1. The fraction of sp³-hybridized carbons (Fsp3) is 0.455. The summed E-state index contributed by atoms with van der Waals surface area (Å²) in [6, 6.07) is 0. The molecule has 0 aromatic carbocycles. The summed E-state index contributed by atoms with van der Waals surface area (Å²) in [4.78, 5) is 18.1. The van der Waals surface area contributed by atoms with Gasteiger partial charge >= 0.3 is 5.97 Å². The van der Waals surface area contributed by atoms with Crippen LogP contribution in [0.25, 0.3) is 5.57 Å². The number of aryl methyl sites for hydroxylation is 1. The molecule has 0 aliphatic carbocycles. The van der Waals surface area contributed by atoms with Crippen molar-refractivity contribution in [2.45, 2.75) is 40.0 Å². The Morgan fingerprint density at radius 1 is 1.43 bits per heavy atom. The van der Waals surface area contributed by atoms with Crippen molar-refractivity contribution in [2.75, 3.05) is 25.1 Å². The molecule has 1 atom stereocenters. The molecule has 152 valence electrons. The van der Waals surface area contributed by atoms with Gasteiger partial charge in [-0.05, 0) is 60.2 Å². The average molecular weight is 449 g/mol. The van der Waals surface area contributed by atoms with Crippen molar-refractivity contribution in [3.63, 3.8) is 0 Å². The van der Waals surface area contributed by atoms with Gasteiger partial charge in [-0.1, -0.05) is 25.7 Å². The number of ether oxygens (including phenoxy) is 1. The van der Waals surface area contributed by atoms with Crippen molar-refractivity contribution in [1.82, 2.24) is 4.98 Å². The standard InChI is InChI=1S/C22H29BrN2O3/c1-6-8-18(28-5)17(13-14(2)9-10-19(26)27)20-15(3)21(23)22(24-16(20)4)25-11-7-12-25/h6,8,13-14H,1,7,9-12H2,2-5H3,(H,26,27)/b17-13+,18-8+. The third-order valence-electron chi connectivity index (χ3n) is 4.98.